The number of benzene rings is 1. The van der Waals surface area contributed by atoms with Crippen molar-refractivity contribution >= 4 is 11.9 Å². The van der Waals surface area contributed by atoms with E-state index in [4.69, 9.17) is 9.47 Å². The maximum absolute atomic E-state index is 12.4. The van der Waals surface area contributed by atoms with E-state index in [1.807, 2.05) is 43.0 Å². The molecule has 2 heterocycles. The molecule has 3 rings (SSSR count). The van der Waals surface area contributed by atoms with Crippen LogP contribution in [0.3, 0.4) is 0 Å². The second-order valence-corrected chi connectivity index (χ2v) is 7.50. The van der Waals surface area contributed by atoms with E-state index in [9.17, 15) is 9.59 Å². The molecule has 0 saturated carbocycles. The van der Waals surface area contributed by atoms with E-state index in [2.05, 4.69) is 5.32 Å². The van der Waals surface area contributed by atoms with E-state index in [1.165, 1.54) is 0 Å². The average Bonchev–Trinajstić information content (AvgIpc) is 2.64. The van der Waals surface area contributed by atoms with Gasteiger partial charge < -0.3 is 24.6 Å². The zero-order valence-corrected chi connectivity index (χ0v) is 16.3. The van der Waals surface area contributed by atoms with Crippen molar-refractivity contribution in [2.24, 2.45) is 5.92 Å². The van der Waals surface area contributed by atoms with Crippen LogP contribution in [-0.4, -0.2) is 67.2 Å². The Morgan fingerprint density at radius 2 is 1.70 bits per heavy atom. The predicted octanol–water partition coefficient (Wildman–Crippen LogP) is 2.11. The number of rotatable bonds is 5. The minimum atomic E-state index is -0.0523. The summed E-state index contributed by atoms with van der Waals surface area (Å²) in [6.07, 6.45) is 1.59. The number of amides is 3. The number of carbonyl (C=O) groups excluding carboxylic acids is 2. The molecule has 0 aromatic heterocycles. The number of methoxy groups -OCH3 is 1. The maximum Gasteiger partial charge on any atom is 0.317 e. The normalized spacial score (nSPS) is 18.2. The number of nitrogens with one attached hydrogen (secondary N) is 1. The van der Waals surface area contributed by atoms with Gasteiger partial charge in [0.25, 0.3) is 0 Å². The molecule has 0 bridgehead atoms. The van der Waals surface area contributed by atoms with E-state index >= 15 is 0 Å². The summed E-state index contributed by atoms with van der Waals surface area (Å²) in [5.74, 6) is 1.62. The molecule has 3 amide bonds. The number of ether oxygens (including phenoxy) is 2. The summed E-state index contributed by atoms with van der Waals surface area (Å²) >= 11 is 0. The number of hydrogen-bond acceptors (Lipinski definition) is 4. The summed E-state index contributed by atoms with van der Waals surface area (Å²) in [4.78, 5) is 28.1. The Balaban J connectivity index is 1.39. The van der Waals surface area contributed by atoms with E-state index in [0.717, 1.165) is 12.8 Å². The highest BCUT2D eigenvalue weighted by Crippen LogP contribution is 2.28. The zero-order chi connectivity index (χ0) is 19.4. The molecule has 1 N–H and O–H groups in total. The Kier molecular flexibility index (Phi) is 6.08. The van der Waals surface area contributed by atoms with E-state index < -0.39 is 0 Å². The van der Waals surface area contributed by atoms with Gasteiger partial charge in [-0.15, -0.1) is 0 Å². The second kappa shape index (κ2) is 8.50. The number of carbonyl (C=O) groups is 2. The molecular formula is C20H29N3O4. The summed E-state index contributed by atoms with van der Waals surface area (Å²) < 4.78 is 11.2. The molecule has 2 fully saturated rings. The van der Waals surface area contributed by atoms with Crippen LogP contribution >= 0.6 is 0 Å². The van der Waals surface area contributed by atoms with Crippen LogP contribution in [0, 0.1) is 5.92 Å². The predicted molar refractivity (Wildman–Crippen MR) is 102 cm³/mol. The standard InChI is InChI=1S/C20H29N3O4/c1-14(2)19(24)22-10-8-15(9-11-22)21-20(25)23-12-16(13-23)27-18-7-5-4-6-17(18)26-3/h4-7,14-16H,8-13H2,1-3H3,(H,21,25). The molecule has 2 aliphatic rings. The zero-order valence-electron chi connectivity index (χ0n) is 16.3. The molecule has 2 aliphatic heterocycles. The first-order valence-electron chi connectivity index (χ1n) is 9.61. The van der Waals surface area contributed by atoms with Crippen LogP contribution in [0.4, 0.5) is 4.79 Å². The van der Waals surface area contributed by atoms with Gasteiger partial charge in [0.05, 0.1) is 20.2 Å². The van der Waals surface area contributed by atoms with Gasteiger partial charge in [0.2, 0.25) is 5.91 Å². The summed E-state index contributed by atoms with van der Waals surface area (Å²) in [6, 6.07) is 7.60. The molecule has 0 spiro atoms. The molecule has 0 radical (unpaired) electrons. The van der Waals surface area contributed by atoms with Crippen LogP contribution in [0.25, 0.3) is 0 Å². The van der Waals surface area contributed by atoms with Crippen molar-refractivity contribution in [2.75, 3.05) is 33.3 Å². The van der Waals surface area contributed by atoms with Crippen molar-refractivity contribution in [3.8, 4) is 11.5 Å². The second-order valence-electron chi connectivity index (χ2n) is 7.50. The van der Waals surface area contributed by atoms with Crippen LogP contribution < -0.4 is 14.8 Å². The van der Waals surface area contributed by atoms with Gasteiger partial charge in [-0.3, -0.25) is 4.79 Å². The molecule has 1 aromatic carbocycles. The monoisotopic (exact) mass is 375 g/mol. The van der Waals surface area contributed by atoms with Gasteiger partial charge in [0, 0.05) is 25.0 Å². The lowest BCUT2D eigenvalue weighted by Gasteiger charge is -2.40. The quantitative estimate of drug-likeness (QED) is 0.856. The Bertz CT molecular complexity index is 665. The smallest absolute Gasteiger partial charge is 0.317 e. The molecule has 0 aliphatic carbocycles. The fraction of sp³-hybridized carbons (Fsp3) is 0.600. The molecule has 7 nitrogen and oxygen atoms in total. The average molecular weight is 375 g/mol. The fourth-order valence-electron chi connectivity index (χ4n) is 3.45. The first-order chi connectivity index (χ1) is 13.0. The van der Waals surface area contributed by atoms with Gasteiger partial charge in [0.15, 0.2) is 11.5 Å². The topological polar surface area (TPSA) is 71.1 Å². The first-order valence-corrected chi connectivity index (χ1v) is 9.61. The first kappa shape index (κ1) is 19.3. The Labute approximate surface area is 160 Å². The summed E-state index contributed by atoms with van der Waals surface area (Å²) in [5, 5.41) is 3.09. The minimum absolute atomic E-state index is 0.0161. The number of nitrogens with zero attached hydrogens (tertiary/aromatic N) is 2. The number of piperidine rings is 1. The van der Waals surface area contributed by atoms with Gasteiger partial charge in [-0.2, -0.15) is 0 Å². The van der Waals surface area contributed by atoms with Crippen LogP contribution in [0.2, 0.25) is 0 Å². The maximum atomic E-state index is 12.4. The third-order valence-electron chi connectivity index (χ3n) is 5.13. The molecular weight excluding hydrogens is 346 g/mol. The number of likely N-dealkylation sites (tertiary alicyclic amines) is 2. The van der Waals surface area contributed by atoms with Crippen molar-refractivity contribution in [1.29, 1.82) is 0 Å². The molecule has 7 heteroatoms. The van der Waals surface area contributed by atoms with Crippen molar-refractivity contribution in [3.63, 3.8) is 0 Å². The summed E-state index contributed by atoms with van der Waals surface area (Å²) in [7, 11) is 1.61. The number of hydrogen-bond donors (Lipinski definition) is 1. The fourth-order valence-corrected chi connectivity index (χ4v) is 3.45. The SMILES string of the molecule is COc1ccccc1OC1CN(C(=O)NC2CCN(C(=O)C(C)C)CC2)C1. The van der Waals surface area contributed by atoms with E-state index in [1.54, 1.807) is 12.0 Å². The molecule has 2 saturated heterocycles. The lowest BCUT2D eigenvalue weighted by molar-refractivity contribution is -0.135. The molecule has 148 valence electrons. The third-order valence-corrected chi connectivity index (χ3v) is 5.13. The van der Waals surface area contributed by atoms with Gasteiger partial charge in [-0.05, 0) is 25.0 Å². The number of urea groups is 1. The Hall–Kier alpha value is -2.44. The Morgan fingerprint density at radius 3 is 2.30 bits per heavy atom. The van der Waals surface area contributed by atoms with Gasteiger partial charge in [0.1, 0.15) is 6.10 Å². The highest BCUT2D eigenvalue weighted by Gasteiger charge is 2.34. The van der Waals surface area contributed by atoms with Crippen LogP contribution in [0.1, 0.15) is 26.7 Å². The lowest BCUT2D eigenvalue weighted by atomic mass is 10.0. The highest BCUT2D eigenvalue weighted by atomic mass is 16.5. The van der Waals surface area contributed by atoms with Gasteiger partial charge in [-0.25, -0.2) is 4.79 Å². The van der Waals surface area contributed by atoms with Crippen molar-refractivity contribution in [3.05, 3.63) is 24.3 Å². The van der Waals surface area contributed by atoms with Crippen LogP contribution in [0.5, 0.6) is 11.5 Å². The van der Waals surface area contributed by atoms with Gasteiger partial charge in [-0.1, -0.05) is 26.0 Å². The van der Waals surface area contributed by atoms with Crippen LogP contribution in [0.15, 0.2) is 24.3 Å². The minimum Gasteiger partial charge on any atom is -0.493 e. The highest BCUT2D eigenvalue weighted by molar-refractivity contribution is 5.78. The largest absolute Gasteiger partial charge is 0.493 e. The molecule has 0 atom stereocenters. The Morgan fingerprint density at radius 1 is 1.07 bits per heavy atom. The van der Waals surface area contributed by atoms with Crippen molar-refractivity contribution in [2.45, 2.75) is 38.8 Å². The van der Waals surface area contributed by atoms with Gasteiger partial charge >= 0.3 is 6.03 Å². The van der Waals surface area contributed by atoms with E-state index in [0.29, 0.717) is 37.7 Å². The third kappa shape index (κ3) is 4.64. The van der Waals surface area contributed by atoms with Crippen molar-refractivity contribution < 1.29 is 19.1 Å². The van der Waals surface area contributed by atoms with Crippen LogP contribution in [-0.2, 0) is 4.79 Å². The van der Waals surface area contributed by atoms with Crippen molar-refractivity contribution in [1.82, 2.24) is 15.1 Å². The molecule has 0 unspecified atom stereocenters. The number of para-hydroxylation sites is 2. The van der Waals surface area contributed by atoms with E-state index in [-0.39, 0.29) is 30.0 Å². The molecule has 1 aromatic rings. The lowest BCUT2D eigenvalue weighted by Crippen LogP contribution is -2.60. The molecule has 27 heavy (non-hydrogen) atoms. The summed E-state index contributed by atoms with van der Waals surface area (Å²) in [5.41, 5.74) is 0. The summed E-state index contributed by atoms with van der Waals surface area (Å²) in [6.45, 7) is 6.39.